The molecular formula is C19H22N4O. The van der Waals surface area contributed by atoms with Gasteiger partial charge in [0.1, 0.15) is 0 Å². The molecule has 0 saturated heterocycles. The van der Waals surface area contributed by atoms with Gasteiger partial charge in [0.25, 0.3) is 0 Å². The summed E-state index contributed by atoms with van der Waals surface area (Å²) in [4.78, 5) is 0. The quantitative estimate of drug-likeness (QED) is 0.775. The van der Waals surface area contributed by atoms with E-state index >= 15 is 0 Å². The van der Waals surface area contributed by atoms with Gasteiger partial charge >= 0.3 is 0 Å². The largest absolute Gasteiger partial charge is 0.393 e. The Bertz CT molecular complexity index is 849. The molecule has 1 aliphatic carbocycles. The van der Waals surface area contributed by atoms with Gasteiger partial charge in [-0.3, -0.25) is 4.40 Å². The van der Waals surface area contributed by atoms with Crippen molar-refractivity contribution in [2.24, 2.45) is 0 Å². The normalized spacial score (nSPS) is 21.1. The number of nitrogens with zero attached hydrogens (tertiary/aromatic N) is 3. The molecule has 1 aromatic carbocycles. The second-order valence-electron chi connectivity index (χ2n) is 6.69. The van der Waals surface area contributed by atoms with Gasteiger partial charge in [0.15, 0.2) is 11.5 Å². The summed E-state index contributed by atoms with van der Waals surface area (Å²) in [6.07, 6.45) is 5.70. The number of anilines is 1. The second-order valence-corrected chi connectivity index (χ2v) is 6.69. The molecule has 3 aromatic rings. The van der Waals surface area contributed by atoms with Crippen LogP contribution in [0.5, 0.6) is 0 Å². The molecule has 0 unspecified atom stereocenters. The molecule has 24 heavy (non-hydrogen) atoms. The number of pyridine rings is 1. The van der Waals surface area contributed by atoms with Gasteiger partial charge in [-0.15, -0.1) is 10.2 Å². The van der Waals surface area contributed by atoms with E-state index in [1.807, 2.05) is 16.5 Å². The Hall–Kier alpha value is -2.40. The summed E-state index contributed by atoms with van der Waals surface area (Å²) >= 11 is 0. The number of aliphatic hydroxyl groups is 1. The first kappa shape index (κ1) is 15.1. The second kappa shape index (κ2) is 6.24. The summed E-state index contributed by atoms with van der Waals surface area (Å²) in [5.41, 5.74) is 4.19. The Kier molecular flexibility index (Phi) is 3.94. The molecule has 0 bridgehead atoms. The van der Waals surface area contributed by atoms with E-state index in [2.05, 4.69) is 52.9 Å². The summed E-state index contributed by atoms with van der Waals surface area (Å²) < 4.78 is 2.04. The van der Waals surface area contributed by atoms with Crippen LogP contribution in [-0.2, 0) is 0 Å². The van der Waals surface area contributed by atoms with Gasteiger partial charge in [-0.05, 0) is 50.8 Å². The highest BCUT2D eigenvalue weighted by molar-refractivity contribution is 5.62. The van der Waals surface area contributed by atoms with Crippen molar-refractivity contribution in [1.82, 2.24) is 14.6 Å². The lowest BCUT2D eigenvalue weighted by Gasteiger charge is -2.27. The van der Waals surface area contributed by atoms with Gasteiger partial charge < -0.3 is 10.4 Å². The predicted octanol–water partition coefficient (Wildman–Crippen LogP) is 3.42. The summed E-state index contributed by atoms with van der Waals surface area (Å²) in [5.74, 6) is 0.858. The van der Waals surface area contributed by atoms with E-state index in [4.69, 9.17) is 0 Å². The minimum atomic E-state index is -0.128. The number of rotatable bonds is 3. The maximum Gasteiger partial charge on any atom is 0.168 e. The maximum atomic E-state index is 9.64. The highest BCUT2D eigenvalue weighted by atomic mass is 16.3. The zero-order chi connectivity index (χ0) is 16.5. The third-order valence-electron chi connectivity index (χ3n) is 4.75. The fraction of sp³-hybridized carbons (Fsp3) is 0.368. The fourth-order valence-corrected chi connectivity index (χ4v) is 3.41. The molecule has 0 atom stereocenters. The Morgan fingerprint density at radius 3 is 2.71 bits per heavy atom. The molecule has 2 aromatic heterocycles. The molecule has 0 radical (unpaired) electrons. The van der Waals surface area contributed by atoms with E-state index in [0.717, 1.165) is 48.4 Å². The highest BCUT2D eigenvalue weighted by Crippen LogP contribution is 2.24. The summed E-state index contributed by atoms with van der Waals surface area (Å²) in [6.45, 7) is 2.08. The molecule has 2 heterocycles. The van der Waals surface area contributed by atoms with Crippen molar-refractivity contribution in [3.05, 3.63) is 48.2 Å². The Balaban J connectivity index is 1.63. The van der Waals surface area contributed by atoms with Gasteiger partial charge in [0.05, 0.1) is 11.8 Å². The summed E-state index contributed by atoms with van der Waals surface area (Å²) in [7, 11) is 0. The third kappa shape index (κ3) is 2.99. The lowest BCUT2D eigenvalue weighted by molar-refractivity contribution is 0.126. The van der Waals surface area contributed by atoms with Crippen LogP contribution >= 0.6 is 0 Å². The van der Waals surface area contributed by atoms with Crippen molar-refractivity contribution in [1.29, 1.82) is 0 Å². The number of nitrogens with one attached hydrogen (secondary N) is 1. The van der Waals surface area contributed by atoms with Crippen molar-refractivity contribution in [3.63, 3.8) is 0 Å². The van der Waals surface area contributed by atoms with Crippen molar-refractivity contribution in [2.75, 3.05) is 5.32 Å². The number of benzene rings is 1. The molecule has 4 rings (SSSR count). The third-order valence-corrected chi connectivity index (χ3v) is 4.75. The molecule has 1 fully saturated rings. The number of hydrogen-bond donors (Lipinski definition) is 2. The van der Waals surface area contributed by atoms with E-state index < -0.39 is 0 Å². The molecule has 5 heteroatoms. The van der Waals surface area contributed by atoms with E-state index in [1.54, 1.807) is 0 Å². The van der Waals surface area contributed by atoms with E-state index in [9.17, 15) is 5.11 Å². The van der Waals surface area contributed by atoms with Gasteiger partial charge in [-0.2, -0.15) is 0 Å². The monoisotopic (exact) mass is 322 g/mol. The zero-order valence-corrected chi connectivity index (χ0v) is 13.8. The maximum absolute atomic E-state index is 9.64. The average molecular weight is 322 g/mol. The van der Waals surface area contributed by atoms with Gasteiger partial charge in [0, 0.05) is 17.8 Å². The highest BCUT2D eigenvalue weighted by Gasteiger charge is 2.19. The van der Waals surface area contributed by atoms with Gasteiger partial charge in [-0.1, -0.05) is 23.8 Å². The molecule has 0 aliphatic heterocycles. The summed E-state index contributed by atoms with van der Waals surface area (Å²) in [6, 6.07) is 12.8. The van der Waals surface area contributed by atoms with Crippen LogP contribution in [0.4, 0.5) is 5.69 Å². The number of hydrogen-bond acceptors (Lipinski definition) is 4. The number of fused-ring (bicyclic) bond motifs is 1. The SMILES string of the molecule is Cc1cccc(-c2nnc3ccc(NC4CCC(O)CC4)cn23)c1. The van der Waals surface area contributed by atoms with Gasteiger partial charge in [0.2, 0.25) is 0 Å². The van der Waals surface area contributed by atoms with Crippen LogP contribution in [0.2, 0.25) is 0 Å². The number of aliphatic hydroxyl groups excluding tert-OH is 1. The van der Waals surface area contributed by atoms with Crippen molar-refractivity contribution >= 4 is 11.3 Å². The van der Waals surface area contributed by atoms with E-state index in [-0.39, 0.29) is 6.10 Å². The molecule has 0 spiro atoms. The molecule has 2 N–H and O–H groups in total. The first-order valence-electron chi connectivity index (χ1n) is 8.55. The number of aromatic nitrogens is 3. The molecule has 1 saturated carbocycles. The zero-order valence-electron chi connectivity index (χ0n) is 13.8. The smallest absolute Gasteiger partial charge is 0.168 e. The Labute approximate surface area is 141 Å². The summed E-state index contributed by atoms with van der Waals surface area (Å²) in [5, 5.41) is 21.9. The van der Waals surface area contributed by atoms with Crippen molar-refractivity contribution in [2.45, 2.75) is 44.8 Å². The predicted molar refractivity (Wildman–Crippen MR) is 95.0 cm³/mol. The molecule has 5 nitrogen and oxygen atoms in total. The Morgan fingerprint density at radius 2 is 1.92 bits per heavy atom. The van der Waals surface area contributed by atoms with Crippen LogP contribution in [0, 0.1) is 6.92 Å². The molecule has 0 amide bonds. The minimum Gasteiger partial charge on any atom is -0.393 e. The van der Waals surface area contributed by atoms with E-state index in [1.165, 1.54) is 5.56 Å². The molecule has 124 valence electrons. The molecular weight excluding hydrogens is 300 g/mol. The van der Waals surface area contributed by atoms with Crippen LogP contribution in [-0.4, -0.2) is 31.9 Å². The van der Waals surface area contributed by atoms with Crippen molar-refractivity contribution in [3.8, 4) is 11.4 Å². The van der Waals surface area contributed by atoms with Crippen molar-refractivity contribution < 1.29 is 5.11 Å². The molecule has 1 aliphatic rings. The van der Waals surface area contributed by atoms with E-state index in [0.29, 0.717) is 6.04 Å². The fourth-order valence-electron chi connectivity index (χ4n) is 3.41. The average Bonchev–Trinajstić information content (AvgIpc) is 3.00. The van der Waals surface area contributed by atoms with Crippen LogP contribution < -0.4 is 5.32 Å². The first-order chi connectivity index (χ1) is 11.7. The minimum absolute atomic E-state index is 0.128. The first-order valence-corrected chi connectivity index (χ1v) is 8.55. The van der Waals surface area contributed by atoms with Crippen LogP contribution in [0.3, 0.4) is 0 Å². The lowest BCUT2D eigenvalue weighted by Crippen LogP contribution is -2.28. The van der Waals surface area contributed by atoms with Crippen LogP contribution in [0.1, 0.15) is 31.2 Å². The number of aryl methyl sites for hydroxylation is 1. The Morgan fingerprint density at radius 1 is 1.08 bits per heavy atom. The topological polar surface area (TPSA) is 62.5 Å². The van der Waals surface area contributed by atoms with Crippen LogP contribution in [0.25, 0.3) is 17.0 Å². The lowest BCUT2D eigenvalue weighted by atomic mass is 9.93. The standard InChI is InChI=1S/C19H22N4O/c1-13-3-2-4-14(11-13)19-22-21-18-10-7-16(12-23(18)19)20-15-5-8-17(24)9-6-15/h2-4,7,10-12,15,17,20,24H,5-6,8-9H2,1H3. The van der Waals surface area contributed by atoms with Gasteiger partial charge in [-0.25, -0.2) is 0 Å². The van der Waals surface area contributed by atoms with Crippen LogP contribution in [0.15, 0.2) is 42.6 Å².